The molecule has 0 amide bonds. The summed E-state index contributed by atoms with van der Waals surface area (Å²) in [4.78, 5) is 45.6. The number of allylic oxidation sites excluding steroid dienone is 10. The van der Waals surface area contributed by atoms with Crippen molar-refractivity contribution in [3.8, 4) is 0 Å². The summed E-state index contributed by atoms with van der Waals surface area (Å²) in [6.07, 6.45) is 35.9. The van der Waals surface area contributed by atoms with Crippen LogP contribution >= 0.6 is 7.82 Å². The van der Waals surface area contributed by atoms with Gasteiger partial charge in [0.2, 0.25) is 0 Å². The third-order valence-corrected chi connectivity index (χ3v) is 8.20. The molecule has 0 radical (unpaired) electrons. The molecule has 0 aliphatic heterocycles. The quantitative estimate of drug-likeness (QED) is 0.0255. The lowest BCUT2D eigenvalue weighted by atomic mass is 10.1. The number of nitrogens with two attached hydrogens (primary N) is 1. The fraction of sp³-hybridized carbons (Fsp3) is 0.658. The van der Waals surface area contributed by atoms with Crippen LogP contribution in [0.25, 0.3) is 0 Å². The van der Waals surface area contributed by atoms with Crippen LogP contribution in [-0.4, -0.2) is 59.9 Å². The Morgan fingerprint density at radius 1 is 0.640 bits per heavy atom. The van der Waals surface area contributed by atoms with E-state index < -0.39 is 51.1 Å². The molecule has 0 aromatic rings. The van der Waals surface area contributed by atoms with Crippen molar-refractivity contribution in [3.63, 3.8) is 0 Å². The molecule has 0 aliphatic carbocycles. The van der Waals surface area contributed by atoms with E-state index in [1.165, 1.54) is 12.8 Å². The third-order valence-electron chi connectivity index (χ3n) is 7.25. The molecule has 1 unspecified atom stereocenters. The maximum Gasteiger partial charge on any atom is 0.472 e. The Balaban J connectivity index is 4.55. The number of hydrogen-bond acceptors (Lipinski definition) is 9. The number of carbonyl (C=O) groups is 3. The molecule has 0 aromatic carbocycles. The largest absolute Gasteiger partial charge is 0.480 e. The number of carboxylic acids is 1. The number of phosphoric ester groups is 1. The molecule has 12 heteroatoms. The summed E-state index contributed by atoms with van der Waals surface area (Å²) in [6.45, 7) is 2.55. The lowest BCUT2D eigenvalue weighted by Crippen LogP contribution is -2.34. The van der Waals surface area contributed by atoms with Crippen LogP contribution in [0.15, 0.2) is 60.8 Å². The smallest absolute Gasteiger partial charge is 0.472 e. The van der Waals surface area contributed by atoms with Gasteiger partial charge in [0.05, 0.1) is 13.2 Å². The SMILES string of the molecule is CC/C=C/C/C=C/C/C=C/C/C=C/CCCCC(=O)OC[C@H](COP(=O)(O)OC[C@H](N)C(=O)O)OC(=O)CCCCCCC/C=C/CCCC. The summed E-state index contributed by atoms with van der Waals surface area (Å²) in [5.74, 6) is -2.46. The second-order valence-corrected chi connectivity index (χ2v) is 13.4. The van der Waals surface area contributed by atoms with Crippen LogP contribution < -0.4 is 5.73 Å². The number of carboxylic acid groups (broad SMARTS) is 1. The van der Waals surface area contributed by atoms with Crippen molar-refractivity contribution in [2.24, 2.45) is 5.73 Å². The van der Waals surface area contributed by atoms with Crippen LogP contribution in [0, 0.1) is 0 Å². The zero-order chi connectivity index (χ0) is 37.1. The second kappa shape index (κ2) is 33.3. The Hall–Kier alpha value is -2.82. The molecule has 0 bridgehead atoms. The Bertz CT molecular complexity index is 1090. The second-order valence-electron chi connectivity index (χ2n) is 12.0. The van der Waals surface area contributed by atoms with E-state index in [1.807, 2.05) is 0 Å². The minimum atomic E-state index is -4.72. The van der Waals surface area contributed by atoms with Gasteiger partial charge in [-0.3, -0.25) is 23.4 Å². The molecule has 0 saturated heterocycles. The minimum absolute atomic E-state index is 0.138. The first-order valence-corrected chi connectivity index (χ1v) is 19.8. The van der Waals surface area contributed by atoms with Crippen LogP contribution in [0.1, 0.15) is 129 Å². The molecular formula is C38H64NO10P. The molecule has 0 aromatic heterocycles. The maximum absolute atomic E-state index is 12.5. The molecule has 0 rings (SSSR count). The van der Waals surface area contributed by atoms with E-state index in [2.05, 4.69) is 79.1 Å². The summed E-state index contributed by atoms with van der Waals surface area (Å²) in [6, 6.07) is -1.53. The number of esters is 2. The van der Waals surface area contributed by atoms with Gasteiger partial charge in [-0.2, -0.15) is 0 Å². The molecule has 286 valence electrons. The average Bonchev–Trinajstić information content (AvgIpc) is 3.09. The van der Waals surface area contributed by atoms with Crippen LogP contribution in [0.2, 0.25) is 0 Å². The van der Waals surface area contributed by atoms with E-state index in [4.69, 9.17) is 24.8 Å². The normalized spacial score (nSPS) is 14.6. The number of aliphatic carboxylic acids is 1. The highest BCUT2D eigenvalue weighted by Crippen LogP contribution is 2.43. The molecule has 0 saturated carbocycles. The first-order chi connectivity index (χ1) is 24.1. The Morgan fingerprint density at radius 2 is 1.12 bits per heavy atom. The summed E-state index contributed by atoms with van der Waals surface area (Å²) < 4.78 is 32.4. The highest BCUT2D eigenvalue weighted by atomic mass is 31.2. The Morgan fingerprint density at radius 3 is 1.74 bits per heavy atom. The van der Waals surface area contributed by atoms with Crippen LogP contribution in [0.3, 0.4) is 0 Å². The molecule has 0 fully saturated rings. The number of phosphoric acid groups is 1. The Labute approximate surface area is 300 Å². The number of rotatable bonds is 33. The van der Waals surface area contributed by atoms with E-state index in [1.54, 1.807) is 0 Å². The molecule has 0 aliphatic rings. The number of carbonyl (C=O) groups excluding carboxylic acids is 2. The minimum Gasteiger partial charge on any atom is -0.480 e. The molecule has 4 N–H and O–H groups in total. The topological polar surface area (TPSA) is 172 Å². The van der Waals surface area contributed by atoms with Crippen molar-refractivity contribution in [2.45, 2.75) is 142 Å². The summed E-state index contributed by atoms with van der Waals surface area (Å²) >= 11 is 0. The standard InChI is InChI=1S/C38H64NO10P/c1-3-5-7-9-11-13-15-16-17-18-20-21-23-25-27-29-36(40)46-31-34(32-47-50(44,45)48-33-35(39)38(42)43)49-37(41)30-28-26-24-22-19-14-12-10-8-6-4-2/h5,7,10-13,16-17,20-21,34-35H,3-4,6,8-9,14-15,18-19,22-33,39H2,1-2H3,(H,42,43)(H,44,45)/b7-5+,12-10+,13-11+,17-16+,21-20+/t34-,35+/m1/s1. The van der Waals surface area contributed by atoms with E-state index in [0.717, 1.165) is 77.0 Å². The van der Waals surface area contributed by atoms with Gasteiger partial charge in [-0.05, 0) is 70.6 Å². The van der Waals surface area contributed by atoms with Gasteiger partial charge in [-0.1, -0.05) is 107 Å². The summed E-state index contributed by atoms with van der Waals surface area (Å²) in [5, 5.41) is 8.85. The van der Waals surface area contributed by atoms with Crippen molar-refractivity contribution in [1.82, 2.24) is 0 Å². The molecule has 50 heavy (non-hydrogen) atoms. The fourth-order valence-electron chi connectivity index (χ4n) is 4.33. The highest BCUT2D eigenvalue weighted by molar-refractivity contribution is 7.47. The van der Waals surface area contributed by atoms with Crippen molar-refractivity contribution in [3.05, 3.63) is 60.8 Å². The molecule has 3 atom stereocenters. The van der Waals surface area contributed by atoms with E-state index in [0.29, 0.717) is 12.8 Å². The van der Waals surface area contributed by atoms with E-state index >= 15 is 0 Å². The van der Waals surface area contributed by atoms with Gasteiger partial charge < -0.3 is 25.2 Å². The van der Waals surface area contributed by atoms with Crippen molar-refractivity contribution >= 4 is 25.7 Å². The van der Waals surface area contributed by atoms with Crippen LogP contribution in [-0.2, 0) is 37.5 Å². The van der Waals surface area contributed by atoms with Crippen LogP contribution in [0.4, 0.5) is 0 Å². The monoisotopic (exact) mass is 725 g/mol. The molecule has 0 heterocycles. The number of unbranched alkanes of at least 4 members (excludes halogenated alkanes) is 9. The molecule has 0 spiro atoms. The first-order valence-electron chi connectivity index (χ1n) is 18.3. The third kappa shape index (κ3) is 32.4. The zero-order valence-corrected chi connectivity index (χ0v) is 31.4. The van der Waals surface area contributed by atoms with Crippen LogP contribution in [0.5, 0.6) is 0 Å². The van der Waals surface area contributed by atoms with E-state index in [9.17, 15) is 23.8 Å². The van der Waals surface area contributed by atoms with Crippen molar-refractivity contribution in [1.29, 1.82) is 0 Å². The molecular weight excluding hydrogens is 661 g/mol. The zero-order valence-electron chi connectivity index (χ0n) is 30.5. The summed E-state index contributed by atoms with van der Waals surface area (Å²) in [5.41, 5.74) is 5.30. The number of hydrogen-bond donors (Lipinski definition) is 3. The van der Waals surface area contributed by atoms with Gasteiger partial charge >= 0.3 is 25.7 Å². The van der Waals surface area contributed by atoms with Gasteiger partial charge in [-0.25, -0.2) is 4.57 Å². The first kappa shape index (κ1) is 47.2. The van der Waals surface area contributed by atoms with Gasteiger partial charge in [0.1, 0.15) is 12.6 Å². The Kier molecular flexibility index (Phi) is 31.5. The predicted molar refractivity (Wildman–Crippen MR) is 198 cm³/mol. The lowest BCUT2D eigenvalue weighted by molar-refractivity contribution is -0.161. The lowest BCUT2D eigenvalue weighted by Gasteiger charge is -2.20. The van der Waals surface area contributed by atoms with E-state index in [-0.39, 0.29) is 19.4 Å². The predicted octanol–water partition coefficient (Wildman–Crippen LogP) is 8.83. The van der Waals surface area contributed by atoms with Gasteiger partial charge in [0.15, 0.2) is 6.10 Å². The number of ether oxygens (including phenoxy) is 2. The van der Waals surface area contributed by atoms with Crippen molar-refractivity contribution < 1.29 is 47.5 Å². The molecule has 11 nitrogen and oxygen atoms in total. The van der Waals surface area contributed by atoms with Crippen molar-refractivity contribution in [2.75, 3.05) is 19.8 Å². The summed E-state index contributed by atoms with van der Waals surface area (Å²) in [7, 11) is -4.72. The highest BCUT2D eigenvalue weighted by Gasteiger charge is 2.28. The van der Waals surface area contributed by atoms with Gasteiger partial charge in [0, 0.05) is 12.8 Å². The van der Waals surface area contributed by atoms with Gasteiger partial charge in [-0.15, -0.1) is 0 Å². The fourth-order valence-corrected chi connectivity index (χ4v) is 5.11. The van der Waals surface area contributed by atoms with Gasteiger partial charge in [0.25, 0.3) is 0 Å². The maximum atomic E-state index is 12.5. The average molecular weight is 726 g/mol.